The molecule has 2 nitrogen and oxygen atoms in total. The Balaban J connectivity index is 2.21. The summed E-state index contributed by atoms with van der Waals surface area (Å²) in [5, 5.41) is 10.4. The molecule has 1 heterocycles. The monoisotopic (exact) mass is 329 g/mol. The van der Waals surface area contributed by atoms with Crippen LogP contribution in [-0.4, -0.2) is 10.1 Å². The van der Waals surface area contributed by atoms with Crippen LogP contribution in [0.1, 0.15) is 17.4 Å². The second-order valence-corrected chi connectivity index (χ2v) is 5.15. The zero-order chi connectivity index (χ0) is 13.1. The van der Waals surface area contributed by atoms with Crippen molar-refractivity contribution in [3.05, 3.63) is 63.1 Å². The van der Waals surface area contributed by atoms with Gasteiger partial charge in [0.1, 0.15) is 11.9 Å². The number of halogens is 3. The van der Waals surface area contributed by atoms with E-state index in [0.717, 1.165) is 0 Å². The fraction of sp³-hybridized carbons (Fsp3) is 0.154. The first-order valence-corrected chi connectivity index (χ1v) is 6.47. The number of aliphatic hydroxyl groups is 1. The fourth-order valence-corrected chi connectivity index (χ4v) is 2.22. The van der Waals surface area contributed by atoms with Crippen LogP contribution in [0.25, 0.3) is 0 Å². The lowest BCUT2D eigenvalue weighted by Crippen LogP contribution is -2.06. The lowest BCUT2D eigenvalue weighted by Gasteiger charge is -2.12. The van der Waals surface area contributed by atoms with Crippen molar-refractivity contribution in [1.29, 1.82) is 0 Å². The maximum Gasteiger partial charge on any atom is 0.127 e. The molecule has 18 heavy (non-hydrogen) atoms. The predicted molar refractivity (Wildman–Crippen MR) is 72.0 cm³/mol. The van der Waals surface area contributed by atoms with Gasteiger partial charge in [0.05, 0.1) is 10.7 Å². The largest absolute Gasteiger partial charge is 0.386 e. The molecule has 1 aromatic carbocycles. The molecule has 1 aromatic heterocycles. The van der Waals surface area contributed by atoms with Crippen LogP contribution < -0.4 is 0 Å². The van der Waals surface area contributed by atoms with Gasteiger partial charge in [-0.05, 0) is 29.8 Å². The molecule has 1 atom stereocenters. The number of hydrogen-bond acceptors (Lipinski definition) is 2. The SMILES string of the molecule is OC(Cc1ccc(Br)cc1F)c1ncccc1Cl. The maximum absolute atomic E-state index is 13.6. The summed E-state index contributed by atoms with van der Waals surface area (Å²) >= 11 is 9.11. The molecule has 0 bridgehead atoms. The van der Waals surface area contributed by atoms with Gasteiger partial charge in [-0.1, -0.05) is 33.6 Å². The highest BCUT2D eigenvalue weighted by Gasteiger charge is 2.15. The Morgan fingerprint density at radius 2 is 2.17 bits per heavy atom. The number of nitrogens with zero attached hydrogens (tertiary/aromatic N) is 1. The molecule has 0 amide bonds. The molecular weight excluding hydrogens is 321 g/mol. The Kier molecular flexibility index (Phi) is 4.32. The molecule has 5 heteroatoms. The van der Waals surface area contributed by atoms with Crippen molar-refractivity contribution in [1.82, 2.24) is 4.98 Å². The summed E-state index contributed by atoms with van der Waals surface area (Å²) in [6.45, 7) is 0. The van der Waals surface area contributed by atoms with Crippen molar-refractivity contribution in [2.75, 3.05) is 0 Å². The van der Waals surface area contributed by atoms with E-state index < -0.39 is 6.10 Å². The van der Waals surface area contributed by atoms with E-state index in [-0.39, 0.29) is 12.2 Å². The maximum atomic E-state index is 13.6. The van der Waals surface area contributed by atoms with Gasteiger partial charge in [-0.25, -0.2) is 4.39 Å². The molecular formula is C13H10BrClFNO. The molecule has 0 fully saturated rings. The number of benzene rings is 1. The van der Waals surface area contributed by atoms with Gasteiger partial charge in [-0.15, -0.1) is 0 Å². The Morgan fingerprint density at radius 3 is 2.83 bits per heavy atom. The van der Waals surface area contributed by atoms with Gasteiger partial charge in [0, 0.05) is 17.1 Å². The van der Waals surface area contributed by atoms with E-state index in [1.807, 2.05) is 0 Å². The normalized spacial score (nSPS) is 12.4. The van der Waals surface area contributed by atoms with Gasteiger partial charge < -0.3 is 5.11 Å². The van der Waals surface area contributed by atoms with Crippen LogP contribution in [0.3, 0.4) is 0 Å². The molecule has 1 unspecified atom stereocenters. The van der Waals surface area contributed by atoms with Crippen LogP contribution in [-0.2, 0) is 6.42 Å². The number of aliphatic hydroxyl groups excluding tert-OH is 1. The second kappa shape index (κ2) is 5.78. The molecule has 0 aliphatic heterocycles. The van der Waals surface area contributed by atoms with Gasteiger partial charge in [0.25, 0.3) is 0 Å². The van der Waals surface area contributed by atoms with Gasteiger partial charge in [-0.2, -0.15) is 0 Å². The zero-order valence-corrected chi connectivity index (χ0v) is 11.6. The summed E-state index contributed by atoms with van der Waals surface area (Å²) in [6, 6.07) is 8.04. The summed E-state index contributed by atoms with van der Waals surface area (Å²) in [6.07, 6.45) is 0.757. The van der Waals surface area contributed by atoms with Crippen molar-refractivity contribution in [2.24, 2.45) is 0 Å². The number of rotatable bonds is 3. The smallest absolute Gasteiger partial charge is 0.127 e. The van der Waals surface area contributed by atoms with Crippen molar-refractivity contribution in [2.45, 2.75) is 12.5 Å². The first-order valence-electron chi connectivity index (χ1n) is 5.30. The molecule has 0 spiro atoms. The zero-order valence-electron chi connectivity index (χ0n) is 9.28. The Morgan fingerprint density at radius 1 is 1.39 bits per heavy atom. The van der Waals surface area contributed by atoms with Gasteiger partial charge in [0.2, 0.25) is 0 Å². The summed E-state index contributed by atoms with van der Waals surface area (Å²) < 4.78 is 14.3. The molecule has 0 aliphatic rings. The standard InChI is InChI=1S/C13H10BrClFNO/c14-9-4-3-8(11(16)7-9)6-12(18)13-10(15)2-1-5-17-13/h1-5,7,12,18H,6H2. The average Bonchev–Trinajstić information content (AvgIpc) is 2.33. The summed E-state index contributed by atoms with van der Waals surface area (Å²) in [7, 11) is 0. The van der Waals surface area contributed by atoms with Crippen LogP contribution >= 0.6 is 27.5 Å². The lowest BCUT2D eigenvalue weighted by atomic mass is 10.0. The van der Waals surface area contributed by atoms with Gasteiger partial charge in [0.15, 0.2) is 0 Å². The number of aromatic nitrogens is 1. The quantitative estimate of drug-likeness (QED) is 0.925. The van der Waals surface area contributed by atoms with E-state index in [1.54, 1.807) is 30.5 Å². The molecule has 0 aliphatic carbocycles. The van der Waals surface area contributed by atoms with Crippen molar-refractivity contribution >= 4 is 27.5 Å². The second-order valence-electron chi connectivity index (χ2n) is 3.83. The molecule has 1 N–H and O–H groups in total. The highest BCUT2D eigenvalue weighted by atomic mass is 79.9. The molecule has 94 valence electrons. The van der Waals surface area contributed by atoms with Crippen LogP contribution in [0.4, 0.5) is 4.39 Å². The minimum Gasteiger partial charge on any atom is -0.386 e. The van der Waals surface area contributed by atoms with Crippen molar-refractivity contribution in [3.63, 3.8) is 0 Å². The highest BCUT2D eigenvalue weighted by molar-refractivity contribution is 9.10. The topological polar surface area (TPSA) is 33.1 Å². The Hall–Kier alpha value is -0.970. The van der Waals surface area contributed by atoms with E-state index in [4.69, 9.17) is 11.6 Å². The number of pyridine rings is 1. The van der Waals surface area contributed by atoms with E-state index in [2.05, 4.69) is 20.9 Å². The summed E-state index contributed by atoms with van der Waals surface area (Å²) in [5.74, 6) is -0.365. The highest BCUT2D eigenvalue weighted by Crippen LogP contribution is 2.25. The molecule has 0 saturated carbocycles. The van der Waals surface area contributed by atoms with Crippen molar-refractivity contribution in [3.8, 4) is 0 Å². The van der Waals surface area contributed by atoms with E-state index >= 15 is 0 Å². The van der Waals surface area contributed by atoms with E-state index in [0.29, 0.717) is 20.8 Å². The third-order valence-corrected chi connectivity index (χ3v) is 3.34. The van der Waals surface area contributed by atoms with E-state index in [1.165, 1.54) is 6.07 Å². The molecule has 0 saturated heterocycles. The van der Waals surface area contributed by atoms with Crippen LogP contribution in [0, 0.1) is 5.82 Å². The first kappa shape index (κ1) is 13.5. The van der Waals surface area contributed by atoms with Gasteiger partial charge >= 0.3 is 0 Å². The van der Waals surface area contributed by atoms with Crippen molar-refractivity contribution < 1.29 is 9.50 Å². The third-order valence-electron chi connectivity index (χ3n) is 2.53. The summed E-state index contributed by atoms with van der Waals surface area (Å²) in [5.41, 5.74) is 0.786. The fourth-order valence-electron chi connectivity index (χ4n) is 1.64. The van der Waals surface area contributed by atoms with E-state index in [9.17, 15) is 9.50 Å². The minimum atomic E-state index is -0.922. The minimum absolute atomic E-state index is 0.135. The molecule has 0 radical (unpaired) electrons. The lowest BCUT2D eigenvalue weighted by molar-refractivity contribution is 0.172. The Labute approximate surface area is 118 Å². The average molecular weight is 331 g/mol. The predicted octanol–water partition coefficient (Wildman–Crippen LogP) is 3.91. The van der Waals surface area contributed by atoms with Crippen LogP contribution in [0.15, 0.2) is 41.0 Å². The van der Waals surface area contributed by atoms with Crippen LogP contribution in [0.5, 0.6) is 0 Å². The first-order chi connectivity index (χ1) is 8.58. The number of hydrogen-bond donors (Lipinski definition) is 1. The van der Waals surface area contributed by atoms with Gasteiger partial charge in [-0.3, -0.25) is 4.98 Å². The summed E-state index contributed by atoms with van der Waals surface area (Å²) in [4.78, 5) is 4.01. The van der Waals surface area contributed by atoms with Crippen LogP contribution in [0.2, 0.25) is 5.02 Å². The Bertz CT molecular complexity index is 564. The third kappa shape index (κ3) is 3.07. The molecule has 2 aromatic rings. The molecule has 2 rings (SSSR count).